The molecule has 0 aliphatic heterocycles. The Balaban J connectivity index is 1.69. The summed E-state index contributed by atoms with van der Waals surface area (Å²) in [5.41, 5.74) is 4.87. The summed E-state index contributed by atoms with van der Waals surface area (Å²) in [7, 11) is 0. The highest BCUT2D eigenvalue weighted by molar-refractivity contribution is 9.10. The van der Waals surface area contributed by atoms with Crippen LogP contribution in [0.25, 0.3) is 22.6 Å². The average molecular weight is 463 g/mol. The Labute approximate surface area is 179 Å². The molecule has 142 valence electrons. The predicted octanol–water partition coefficient (Wildman–Crippen LogP) is 5.20. The van der Waals surface area contributed by atoms with Gasteiger partial charge in [0.2, 0.25) is 5.16 Å². The minimum Gasteiger partial charge on any atom is -0.293 e. The van der Waals surface area contributed by atoms with Crippen molar-refractivity contribution in [3.8, 4) is 16.9 Å². The number of aromatic nitrogens is 6. The van der Waals surface area contributed by atoms with E-state index in [1.807, 2.05) is 54.7 Å². The third-order valence-corrected chi connectivity index (χ3v) is 6.39. The monoisotopic (exact) mass is 462 g/mol. The summed E-state index contributed by atoms with van der Waals surface area (Å²) < 4.78 is 4.84. The molecule has 5 aromatic rings. The number of rotatable bonds is 4. The molecule has 6 nitrogen and oxygen atoms in total. The van der Waals surface area contributed by atoms with Gasteiger partial charge in [-0.15, -0.1) is 5.10 Å². The Morgan fingerprint density at radius 1 is 0.966 bits per heavy atom. The summed E-state index contributed by atoms with van der Waals surface area (Å²) in [4.78, 5) is 4.91. The lowest BCUT2D eigenvalue weighted by Crippen LogP contribution is -1.99. The third-order valence-electron chi connectivity index (χ3n) is 4.54. The Hall–Kier alpha value is -2.97. The van der Waals surface area contributed by atoms with E-state index in [0.29, 0.717) is 5.16 Å². The van der Waals surface area contributed by atoms with Crippen molar-refractivity contribution in [1.29, 1.82) is 0 Å². The van der Waals surface area contributed by atoms with Crippen LogP contribution in [0.5, 0.6) is 0 Å². The van der Waals surface area contributed by atoms with E-state index in [0.717, 1.165) is 37.7 Å². The van der Waals surface area contributed by atoms with Crippen LogP contribution in [-0.2, 0) is 0 Å². The second kappa shape index (κ2) is 7.46. The molecule has 8 heteroatoms. The largest absolute Gasteiger partial charge is 0.293 e. The molecule has 29 heavy (non-hydrogen) atoms. The van der Waals surface area contributed by atoms with Crippen molar-refractivity contribution in [2.75, 3.05) is 0 Å². The summed E-state index contributed by atoms with van der Waals surface area (Å²) in [5, 5.41) is 14.0. The second-order valence-electron chi connectivity index (χ2n) is 6.48. The van der Waals surface area contributed by atoms with Gasteiger partial charge in [-0.25, -0.2) is 4.98 Å². The summed E-state index contributed by atoms with van der Waals surface area (Å²) in [6.07, 6.45) is 2.04. The lowest BCUT2D eigenvalue weighted by molar-refractivity contribution is 0.755. The summed E-state index contributed by atoms with van der Waals surface area (Å²) in [6.45, 7) is 2.06. The average Bonchev–Trinajstić information content (AvgIpc) is 3.35. The molecule has 5 rings (SSSR count). The van der Waals surface area contributed by atoms with Gasteiger partial charge in [-0.1, -0.05) is 48.5 Å². The van der Waals surface area contributed by atoms with Crippen LogP contribution in [0, 0.1) is 6.92 Å². The molecule has 0 unspecified atom stereocenters. The van der Waals surface area contributed by atoms with Crippen molar-refractivity contribution in [3.63, 3.8) is 0 Å². The van der Waals surface area contributed by atoms with Gasteiger partial charge >= 0.3 is 0 Å². The van der Waals surface area contributed by atoms with Crippen molar-refractivity contribution in [3.05, 3.63) is 83.0 Å². The smallest absolute Gasteiger partial charge is 0.220 e. The van der Waals surface area contributed by atoms with E-state index >= 15 is 0 Å². The molecular formula is C21H15BrN6S. The maximum atomic E-state index is 4.91. The standard InChI is InChI=1S/C21H15BrN6S/c1-14-12-18-23-19(15-8-4-2-5-9-15)20(27(18)13-17(14)22)29-21-24-25-26-28(21)16-10-6-3-7-11-16/h2-13H,1H3. The van der Waals surface area contributed by atoms with Gasteiger partial charge in [0.25, 0.3) is 0 Å². The third kappa shape index (κ3) is 3.34. The SMILES string of the molecule is Cc1cc2nc(-c3ccccc3)c(Sc3nnnn3-c3ccccc3)n2cc1Br. The van der Waals surface area contributed by atoms with E-state index in [9.17, 15) is 0 Å². The van der Waals surface area contributed by atoms with E-state index < -0.39 is 0 Å². The molecule has 3 heterocycles. The molecule has 0 spiro atoms. The highest BCUT2D eigenvalue weighted by Crippen LogP contribution is 2.37. The first kappa shape index (κ1) is 18.1. The fraction of sp³-hybridized carbons (Fsp3) is 0.0476. The molecule has 2 aromatic carbocycles. The zero-order valence-corrected chi connectivity index (χ0v) is 17.8. The Morgan fingerprint density at radius 3 is 2.45 bits per heavy atom. The number of fused-ring (bicyclic) bond motifs is 1. The predicted molar refractivity (Wildman–Crippen MR) is 116 cm³/mol. The van der Waals surface area contributed by atoms with E-state index in [1.54, 1.807) is 4.68 Å². The molecule has 0 aliphatic rings. The van der Waals surface area contributed by atoms with Crippen LogP contribution in [0.4, 0.5) is 0 Å². The van der Waals surface area contributed by atoms with Gasteiger partial charge < -0.3 is 0 Å². The summed E-state index contributed by atoms with van der Waals surface area (Å²) in [5.74, 6) is 0. The van der Waals surface area contributed by atoms with Crippen LogP contribution in [0.1, 0.15) is 5.56 Å². The van der Waals surface area contributed by atoms with Crippen molar-refractivity contribution in [2.24, 2.45) is 0 Å². The van der Waals surface area contributed by atoms with Gasteiger partial charge in [-0.3, -0.25) is 4.40 Å². The molecule has 0 saturated carbocycles. The Morgan fingerprint density at radius 2 is 1.69 bits per heavy atom. The van der Waals surface area contributed by atoms with E-state index in [2.05, 4.69) is 61.0 Å². The van der Waals surface area contributed by atoms with E-state index in [4.69, 9.17) is 4.98 Å². The number of aryl methyl sites for hydroxylation is 1. The van der Waals surface area contributed by atoms with E-state index in [1.165, 1.54) is 11.8 Å². The normalized spacial score (nSPS) is 11.2. The van der Waals surface area contributed by atoms with Gasteiger partial charge in [0.05, 0.1) is 5.69 Å². The number of benzene rings is 2. The molecule has 0 amide bonds. The van der Waals surface area contributed by atoms with Crippen molar-refractivity contribution in [2.45, 2.75) is 17.1 Å². The van der Waals surface area contributed by atoms with Gasteiger partial charge in [-0.2, -0.15) is 4.68 Å². The number of nitrogens with zero attached hydrogens (tertiary/aromatic N) is 6. The molecule has 0 atom stereocenters. The first-order valence-electron chi connectivity index (χ1n) is 8.96. The summed E-state index contributed by atoms with van der Waals surface area (Å²) >= 11 is 5.14. The maximum Gasteiger partial charge on any atom is 0.220 e. The van der Waals surface area contributed by atoms with Crippen molar-refractivity contribution in [1.82, 2.24) is 29.6 Å². The quantitative estimate of drug-likeness (QED) is 0.367. The van der Waals surface area contributed by atoms with Crippen molar-refractivity contribution < 1.29 is 0 Å². The van der Waals surface area contributed by atoms with Gasteiger partial charge in [0, 0.05) is 16.2 Å². The maximum absolute atomic E-state index is 4.91. The van der Waals surface area contributed by atoms with Crippen LogP contribution in [-0.4, -0.2) is 29.6 Å². The topological polar surface area (TPSA) is 60.9 Å². The highest BCUT2D eigenvalue weighted by Gasteiger charge is 2.20. The molecule has 0 aliphatic carbocycles. The van der Waals surface area contributed by atoms with Gasteiger partial charge in [0.1, 0.15) is 16.4 Å². The van der Waals surface area contributed by atoms with Crippen LogP contribution >= 0.6 is 27.7 Å². The summed E-state index contributed by atoms with van der Waals surface area (Å²) in [6, 6.07) is 22.1. The molecule has 0 fully saturated rings. The molecule has 0 radical (unpaired) electrons. The Bertz CT molecular complexity index is 1300. The fourth-order valence-corrected chi connectivity index (χ4v) is 4.38. The lowest BCUT2D eigenvalue weighted by atomic mass is 10.2. The second-order valence-corrected chi connectivity index (χ2v) is 8.29. The van der Waals surface area contributed by atoms with Crippen LogP contribution < -0.4 is 0 Å². The minimum atomic E-state index is 0.673. The molecule has 0 N–H and O–H groups in total. The number of hydrogen-bond donors (Lipinski definition) is 0. The lowest BCUT2D eigenvalue weighted by Gasteiger charge is -2.07. The number of pyridine rings is 1. The number of halogens is 1. The molecule has 0 saturated heterocycles. The number of imidazole rings is 1. The molecular weight excluding hydrogens is 448 g/mol. The first-order chi connectivity index (χ1) is 14.2. The van der Waals surface area contributed by atoms with Crippen molar-refractivity contribution >= 4 is 33.3 Å². The number of hydrogen-bond acceptors (Lipinski definition) is 5. The van der Waals surface area contributed by atoms with Gasteiger partial charge in [0.15, 0.2) is 0 Å². The van der Waals surface area contributed by atoms with Crippen LogP contribution in [0.2, 0.25) is 0 Å². The Kier molecular flexibility index (Phi) is 4.65. The molecule has 0 bridgehead atoms. The fourth-order valence-electron chi connectivity index (χ4n) is 3.08. The zero-order valence-electron chi connectivity index (χ0n) is 15.4. The van der Waals surface area contributed by atoms with Gasteiger partial charge in [-0.05, 0) is 68.8 Å². The highest BCUT2D eigenvalue weighted by atomic mass is 79.9. The minimum absolute atomic E-state index is 0.673. The molecule has 3 aromatic heterocycles. The van der Waals surface area contributed by atoms with Crippen LogP contribution in [0.15, 0.2) is 87.6 Å². The number of para-hydroxylation sites is 1. The first-order valence-corrected chi connectivity index (χ1v) is 10.6. The zero-order chi connectivity index (χ0) is 19.8. The van der Waals surface area contributed by atoms with Crippen LogP contribution in [0.3, 0.4) is 0 Å². The van der Waals surface area contributed by atoms with E-state index in [-0.39, 0.29) is 0 Å². The number of tetrazole rings is 1.